The van der Waals surface area contributed by atoms with Crippen molar-refractivity contribution in [3.05, 3.63) is 11.6 Å². The van der Waals surface area contributed by atoms with Gasteiger partial charge in [0.25, 0.3) is 0 Å². The van der Waals surface area contributed by atoms with E-state index in [4.69, 9.17) is 0 Å². The lowest BCUT2D eigenvalue weighted by molar-refractivity contribution is -0.111. The van der Waals surface area contributed by atoms with Gasteiger partial charge in [0.15, 0.2) is 0 Å². The van der Waals surface area contributed by atoms with E-state index in [1.165, 1.54) is 5.57 Å². The summed E-state index contributed by atoms with van der Waals surface area (Å²) in [6.45, 7) is 8.33. The molecule has 0 saturated carbocycles. The minimum absolute atomic E-state index is 0.204. The predicted octanol–water partition coefficient (Wildman–Crippen LogP) is 3.20. The van der Waals surface area contributed by atoms with Gasteiger partial charge < -0.3 is 4.79 Å². The van der Waals surface area contributed by atoms with Crippen molar-refractivity contribution < 1.29 is 4.79 Å². The molecule has 0 fully saturated rings. The fourth-order valence-electron chi connectivity index (χ4n) is 1.03. The van der Waals surface area contributed by atoms with Gasteiger partial charge in [-0.1, -0.05) is 25.5 Å². The summed E-state index contributed by atoms with van der Waals surface area (Å²) < 4.78 is 0. The SMILES string of the molecule is CC(C)=CCC[C@H](C)[C@H](C)C=O. The molecular weight excluding hydrogens is 148 g/mol. The Labute approximate surface area is 75.9 Å². The highest BCUT2D eigenvalue weighted by molar-refractivity contribution is 5.53. The molecule has 0 amide bonds. The van der Waals surface area contributed by atoms with E-state index in [0.717, 1.165) is 19.1 Å². The zero-order valence-corrected chi connectivity index (χ0v) is 8.63. The molecule has 0 rings (SSSR count). The second kappa shape index (κ2) is 5.99. The van der Waals surface area contributed by atoms with Gasteiger partial charge in [0.1, 0.15) is 6.29 Å². The lowest BCUT2D eigenvalue weighted by atomic mass is 9.92. The normalized spacial score (nSPS) is 15.0. The Balaban J connectivity index is 3.63. The van der Waals surface area contributed by atoms with Crippen molar-refractivity contribution in [3.8, 4) is 0 Å². The highest BCUT2D eigenvalue weighted by Crippen LogP contribution is 2.15. The van der Waals surface area contributed by atoms with Crippen LogP contribution in [0.2, 0.25) is 0 Å². The molecule has 0 N–H and O–H groups in total. The second-order valence-electron chi connectivity index (χ2n) is 3.83. The number of hydrogen-bond acceptors (Lipinski definition) is 1. The number of rotatable bonds is 5. The van der Waals surface area contributed by atoms with Crippen LogP contribution in [0, 0.1) is 11.8 Å². The zero-order chi connectivity index (χ0) is 9.56. The molecular formula is C11H20O. The third-order valence-electron chi connectivity index (χ3n) is 2.29. The van der Waals surface area contributed by atoms with Gasteiger partial charge in [0, 0.05) is 5.92 Å². The van der Waals surface area contributed by atoms with E-state index in [1.807, 2.05) is 6.92 Å². The van der Waals surface area contributed by atoms with Crippen molar-refractivity contribution in [2.45, 2.75) is 40.5 Å². The molecule has 12 heavy (non-hydrogen) atoms. The Bertz CT molecular complexity index is 154. The van der Waals surface area contributed by atoms with Gasteiger partial charge in [-0.2, -0.15) is 0 Å². The third-order valence-corrected chi connectivity index (χ3v) is 2.29. The van der Waals surface area contributed by atoms with Crippen molar-refractivity contribution in [3.63, 3.8) is 0 Å². The van der Waals surface area contributed by atoms with Crippen LogP contribution < -0.4 is 0 Å². The third kappa shape index (κ3) is 5.11. The van der Waals surface area contributed by atoms with E-state index < -0.39 is 0 Å². The largest absolute Gasteiger partial charge is 0.303 e. The van der Waals surface area contributed by atoms with Gasteiger partial charge in [0.2, 0.25) is 0 Å². The zero-order valence-electron chi connectivity index (χ0n) is 8.63. The standard InChI is InChI=1S/C11H20O/c1-9(2)6-5-7-10(3)11(4)8-12/h6,8,10-11H,5,7H2,1-4H3/t10-,11+/m0/s1. The maximum atomic E-state index is 10.4. The topological polar surface area (TPSA) is 17.1 Å². The summed E-state index contributed by atoms with van der Waals surface area (Å²) in [5.74, 6) is 0.716. The first-order valence-electron chi connectivity index (χ1n) is 4.66. The molecule has 2 atom stereocenters. The highest BCUT2D eigenvalue weighted by Gasteiger charge is 2.09. The maximum Gasteiger partial charge on any atom is 0.123 e. The van der Waals surface area contributed by atoms with E-state index in [-0.39, 0.29) is 5.92 Å². The van der Waals surface area contributed by atoms with E-state index in [2.05, 4.69) is 26.8 Å². The Hall–Kier alpha value is -0.590. The Kier molecular flexibility index (Phi) is 5.69. The first-order chi connectivity index (χ1) is 5.57. The number of carbonyl (C=O) groups excluding carboxylic acids is 1. The van der Waals surface area contributed by atoms with E-state index in [1.54, 1.807) is 0 Å². The predicted molar refractivity (Wildman–Crippen MR) is 53.1 cm³/mol. The monoisotopic (exact) mass is 168 g/mol. The van der Waals surface area contributed by atoms with Crippen molar-refractivity contribution in [2.24, 2.45) is 11.8 Å². The Morgan fingerprint density at radius 2 is 1.92 bits per heavy atom. The molecule has 0 radical (unpaired) electrons. The average Bonchev–Trinajstić information content (AvgIpc) is 2.02. The van der Waals surface area contributed by atoms with Crippen LogP contribution in [0.4, 0.5) is 0 Å². The van der Waals surface area contributed by atoms with Gasteiger partial charge in [-0.05, 0) is 32.6 Å². The minimum atomic E-state index is 0.204. The van der Waals surface area contributed by atoms with E-state index >= 15 is 0 Å². The van der Waals surface area contributed by atoms with Crippen LogP contribution >= 0.6 is 0 Å². The number of carbonyl (C=O) groups is 1. The summed E-state index contributed by atoms with van der Waals surface area (Å²) in [6.07, 6.45) is 5.49. The van der Waals surface area contributed by atoms with Gasteiger partial charge in [-0.25, -0.2) is 0 Å². The molecule has 0 aromatic rings. The lowest BCUT2D eigenvalue weighted by Gasteiger charge is -2.12. The summed E-state index contributed by atoms with van der Waals surface area (Å²) in [5.41, 5.74) is 1.36. The van der Waals surface area contributed by atoms with Crippen molar-refractivity contribution >= 4 is 6.29 Å². The minimum Gasteiger partial charge on any atom is -0.303 e. The van der Waals surface area contributed by atoms with Gasteiger partial charge >= 0.3 is 0 Å². The molecule has 0 aliphatic carbocycles. The van der Waals surface area contributed by atoms with Crippen LogP contribution in [0.5, 0.6) is 0 Å². The number of allylic oxidation sites excluding steroid dienone is 2. The summed E-state index contributed by atoms with van der Waals surface area (Å²) in [7, 11) is 0. The summed E-state index contributed by atoms with van der Waals surface area (Å²) in [4.78, 5) is 10.4. The van der Waals surface area contributed by atoms with E-state index in [0.29, 0.717) is 5.92 Å². The van der Waals surface area contributed by atoms with Gasteiger partial charge in [-0.15, -0.1) is 0 Å². The first-order valence-corrected chi connectivity index (χ1v) is 4.66. The van der Waals surface area contributed by atoms with Crippen molar-refractivity contribution in [1.82, 2.24) is 0 Å². The van der Waals surface area contributed by atoms with Crippen LogP contribution in [-0.4, -0.2) is 6.29 Å². The quantitative estimate of drug-likeness (QED) is 0.455. The summed E-state index contributed by atoms with van der Waals surface area (Å²) >= 11 is 0. The van der Waals surface area contributed by atoms with Crippen molar-refractivity contribution in [1.29, 1.82) is 0 Å². The average molecular weight is 168 g/mol. The molecule has 70 valence electrons. The molecule has 0 aliphatic heterocycles. The van der Waals surface area contributed by atoms with Gasteiger partial charge in [-0.3, -0.25) is 0 Å². The molecule has 0 aromatic carbocycles. The highest BCUT2D eigenvalue weighted by atomic mass is 16.1. The molecule has 1 heteroatoms. The van der Waals surface area contributed by atoms with E-state index in [9.17, 15) is 4.79 Å². The Morgan fingerprint density at radius 1 is 1.33 bits per heavy atom. The van der Waals surface area contributed by atoms with Crippen LogP contribution in [0.1, 0.15) is 40.5 Å². The molecule has 1 nitrogen and oxygen atoms in total. The second-order valence-corrected chi connectivity index (χ2v) is 3.83. The van der Waals surface area contributed by atoms with Crippen molar-refractivity contribution in [2.75, 3.05) is 0 Å². The van der Waals surface area contributed by atoms with Crippen LogP contribution in [0.25, 0.3) is 0 Å². The first kappa shape index (κ1) is 11.4. The molecule has 0 bridgehead atoms. The van der Waals surface area contributed by atoms with Crippen LogP contribution in [0.3, 0.4) is 0 Å². The van der Waals surface area contributed by atoms with Crippen LogP contribution in [0.15, 0.2) is 11.6 Å². The number of hydrogen-bond donors (Lipinski definition) is 0. The summed E-state index contributed by atoms with van der Waals surface area (Å²) in [6, 6.07) is 0. The fourth-order valence-corrected chi connectivity index (χ4v) is 1.03. The molecule has 0 spiro atoms. The van der Waals surface area contributed by atoms with Gasteiger partial charge in [0.05, 0.1) is 0 Å². The summed E-state index contributed by atoms with van der Waals surface area (Å²) in [5, 5.41) is 0. The Morgan fingerprint density at radius 3 is 2.33 bits per heavy atom. The molecule has 0 heterocycles. The smallest absolute Gasteiger partial charge is 0.123 e. The molecule has 0 aliphatic rings. The maximum absolute atomic E-state index is 10.4. The molecule has 0 saturated heterocycles. The molecule has 0 aromatic heterocycles. The molecule has 0 unspecified atom stereocenters. The lowest BCUT2D eigenvalue weighted by Crippen LogP contribution is -2.08. The van der Waals surface area contributed by atoms with Crippen LogP contribution in [-0.2, 0) is 4.79 Å². The number of aldehydes is 1. The fraction of sp³-hybridized carbons (Fsp3) is 0.727.